The molecule has 0 spiro atoms. The van der Waals surface area contributed by atoms with E-state index in [1.807, 2.05) is 0 Å². The van der Waals surface area contributed by atoms with E-state index >= 15 is 0 Å². The molecule has 0 bridgehead atoms. The highest BCUT2D eigenvalue weighted by atomic mass is 16.6. The van der Waals surface area contributed by atoms with E-state index in [2.05, 4.69) is 5.32 Å². The van der Waals surface area contributed by atoms with Crippen molar-refractivity contribution in [3.63, 3.8) is 0 Å². The zero-order chi connectivity index (χ0) is 17.0. The molecule has 1 saturated heterocycles. The molecule has 1 N–H and O–H groups in total. The summed E-state index contributed by atoms with van der Waals surface area (Å²) >= 11 is 0. The molecule has 1 aromatic carbocycles. The SMILES string of the molecule is CC(=O)N(C)C1CCN(C(=O)Nc2ccc([N+](=O)[O-])cc2)CC1. The van der Waals surface area contributed by atoms with Gasteiger partial charge in [-0.25, -0.2) is 4.79 Å². The molecule has 0 radical (unpaired) electrons. The van der Waals surface area contributed by atoms with Gasteiger partial charge in [-0.1, -0.05) is 0 Å². The van der Waals surface area contributed by atoms with E-state index in [9.17, 15) is 19.7 Å². The lowest BCUT2D eigenvalue weighted by Crippen LogP contribution is -2.47. The molecule has 0 atom stereocenters. The number of piperidine rings is 1. The molecule has 0 unspecified atom stereocenters. The van der Waals surface area contributed by atoms with E-state index in [1.54, 1.807) is 16.8 Å². The Balaban J connectivity index is 1.87. The number of nitro groups is 1. The minimum absolute atomic E-state index is 0.0175. The maximum Gasteiger partial charge on any atom is 0.321 e. The number of hydrogen-bond donors (Lipinski definition) is 1. The van der Waals surface area contributed by atoms with Crippen LogP contribution in [0, 0.1) is 10.1 Å². The van der Waals surface area contributed by atoms with Crippen LogP contribution in [0.1, 0.15) is 19.8 Å². The molecular weight excluding hydrogens is 300 g/mol. The Kier molecular flexibility index (Phi) is 5.15. The van der Waals surface area contributed by atoms with Gasteiger partial charge in [0.1, 0.15) is 0 Å². The number of urea groups is 1. The Morgan fingerprint density at radius 3 is 2.30 bits per heavy atom. The number of carbonyl (C=O) groups is 2. The van der Waals surface area contributed by atoms with E-state index in [4.69, 9.17) is 0 Å². The van der Waals surface area contributed by atoms with Crippen molar-refractivity contribution in [2.75, 3.05) is 25.5 Å². The number of nitrogens with one attached hydrogen (secondary N) is 1. The molecule has 23 heavy (non-hydrogen) atoms. The number of rotatable bonds is 3. The van der Waals surface area contributed by atoms with Crippen LogP contribution in [-0.4, -0.2) is 52.8 Å². The molecule has 1 fully saturated rings. The number of benzene rings is 1. The number of nitrogens with zero attached hydrogens (tertiary/aromatic N) is 3. The Morgan fingerprint density at radius 1 is 1.26 bits per heavy atom. The number of hydrogen-bond acceptors (Lipinski definition) is 4. The molecular formula is C15H20N4O4. The maximum absolute atomic E-state index is 12.2. The third-order valence-electron chi connectivity index (χ3n) is 4.13. The van der Waals surface area contributed by atoms with Gasteiger partial charge < -0.3 is 15.1 Å². The minimum atomic E-state index is -0.484. The van der Waals surface area contributed by atoms with Crippen LogP contribution in [0.25, 0.3) is 0 Å². The van der Waals surface area contributed by atoms with Crippen LogP contribution in [0.2, 0.25) is 0 Å². The van der Waals surface area contributed by atoms with Crippen LogP contribution in [0.4, 0.5) is 16.2 Å². The number of likely N-dealkylation sites (tertiary alicyclic amines) is 1. The molecule has 0 aromatic heterocycles. The van der Waals surface area contributed by atoms with Gasteiger partial charge in [0.2, 0.25) is 5.91 Å². The molecule has 1 aliphatic rings. The van der Waals surface area contributed by atoms with Gasteiger partial charge in [0.05, 0.1) is 4.92 Å². The van der Waals surface area contributed by atoms with Crippen molar-refractivity contribution in [3.8, 4) is 0 Å². The van der Waals surface area contributed by atoms with E-state index in [0.717, 1.165) is 12.8 Å². The fourth-order valence-corrected chi connectivity index (χ4v) is 2.58. The zero-order valence-corrected chi connectivity index (χ0v) is 13.2. The fraction of sp³-hybridized carbons (Fsp3) is 0.467. The average molecular weight is 320 g/mol. The monoisotopic (exact) mass is 320 g/mol. The summed E-state index contributed by atoms with van der Waals surface area (Å²) < 4.78 is 0. The first-order chi connectivity index (χ1) is 10.9. The predicted molar refractivity (Wildman–Crippen MR) is 85.2 cm³/mol. The van der Waals surface area contributed by atoms with Gasteiger partial charge in [0, 0.05) is 50.9 Å². The largest absolute Gasteiger partial charge is 0.343 e. The first-order valence-electron chi connectivity index (χ1n) is 7.42. The van der Waals surface area contributed by atoms with Gasteiger partial charge in [-0.15, -0.1) is 0 Å². The number of carbonyl (C=O) groups excluding carboxylic acids is 2. The van der Waals surface area contributed by atoms with Crippen molar-refractivity contribution < 1.29 is 14.5 Å². The second-order valence-corrected chi connectivity index (χ2v) is 5.58. The topological polar surface area (TPSA) is 95.8 Å². The first kappa shape index (κ1) is 16.7. The Bertz CT molecular complexity index is 594. The van der Waals surface area contributed by atoms with Crippen molar-refractivity contribution in [1.82, 2.24) is 9.80 Å². The fourth-order valence-electron chi connectivity index (χ4n) is 2.58. The Hall–Kier alpha value is -2.64. The highest BCUT2D eigenvalue weighted by Crippen LogP contribution is 2.18. The van der Waals surface area contributed by atoms with Crippen LogP contribution in [-0.2, 0) is 4.79 Å². The highest BCUT2D eigenvalue weighted by molar-refractivity contribution is 5.89. The summed E-state index contributed by atoms with van der Waals surface area (Å²) in [6, 6.07) is 5.64. The van der Waals surface area contributed by atoms with Gasteiger partial charge in [-0.2, -0.15) is 0 Å². The Labute approximate surface area is 134 Å². The van der Waals surface area contributed by atoms with Crippen molar-refractivity contribution >= 4 is 23.3 Å². The van der Waals surface area contributed by atoms with E-state index in [-0.39, 0.29) is 23.7 Å². The summed E-state index contributed by atoms with van der Waals surface area (Å²) in [4.78, 5) is 37.1. The van der Waals surface area contributed by atoms with E-state index in [0.29, 0.717) is 18.8 Å². The van der Waals surface area contributed by atoms with Gasteiger partial charge in [0.15, 0.2) is 0 Å². The Morgan fingerprint density at radius 2 is 1.83 bits per heavy atom. The van der Waals surface area contributed by atoms with Crippen molar-refractivity contribution in [2.45, 2.75) is 25.8 Å². The summed E-state index contributed by atoms with van der Waals surface area (Å²) in [6.07, 6.45) is 1.48. The van der Waals surface area contributed by atoms with E-state index < -0.39 is 4.92 Å². The lowest BCUT2D eigenvalue weighted by molar-refractivity contribution is -0.384. The van der Waals surface area contributed by atoms with Crippen LogP contribution < -0.4 is 5.32 Å². The van der Waals surface area contributed by atoms with Gasteiger partial charge in [-0.3, -0.25) is 14.9 Å². The smallest absolute Gasteiger partial charge is 0.321 e. The normalized spacial score (nSPS) is 15.1. The molecule has 1 aromatic rings. The summed E-state index contributed by atoms with van der Waals surface area (Å²) in [6.45, 7) is 2.68. The van der Waals surface area contributed by atoms with Gasteiger partial charge in [0.25, 0.3) is 5.69 Å². The molecule has 124 valence electrons. The van der Waals surface area contributed by atoms with Crippen LogP contribution in [0.5, 0.6) is 0 Å². The minimum Gasteiger partial charge on any atom is -0.343 e. The standard InChI is InChI=1S/C15H20N4O4/c1-11(20)17(2)13-7-9-18(10-8-13)15(21)16-12-3-5-14(6-4-12)19(22)23/h3-6,13H,7-10H2,1-2H3,(H,16,21). The molecule has 1 aliphatic heterocycles. The van der Waals surface area contributed by atoms with Gasteiger partial charge >= 0.3 is 6.03 Å². The summed E-state index contributed by atoms with van der Waals surface area (Å²) in [5.74, 6) is 0.0266. The molecule has 8 heteroatoms. The van der Waals surface area contributed by atoms with Crippen molar-refractivity contribution in [2.24, 2.45) is 0 Å². The second kappa shape index (κ2) is 7.08. The summed E-state index contributed by atoms with van der Waals surface area (Å²) in [7, 11) is 1.78. The van der Waals surface area contributed by atoms with Crippen LogP contribution in [0.15, 0.2) is 24.3 Å². The van der Waals surface area contributed by atoms with Crippen molar-refractivity contribution in [1.29, 1.82) is 0 Å². The number of nitro benzene ring substituents is 1. The molecule has 2 rings (SSSR count). The molecule has 8 nitrogen and oxygen atoms in total. The lowest BCUT2D eigenvalue weighted by atomic mass is 10.0. The maximum atomic E-state index is 12.2. The quantitative estimate of drug-likeness (QED) is 0.681. The number of non-ortho nitro benzene ring substituents is 1. The van der Waals surface area contributed by atoms with Gasteiger partial charge in [-0.05, 0) is 25.0 Å². The predicted octanol–water partition coefficient (Wildman–Crippen LogP) is 2.07. The highest BCUT2D eigenvalue weighted by Gasteiger charge is 2.26. The van der Waals surface area contributed by atoms with Crippen molar-refractivity contribution in [3.05, 3.63) is 34.4 Å². The average Bonchev–Trinajstić information content (AvgIpc) is 2.54. The molecule has 0 saturated carbocycles. The third kappa shape index (κ3) is 4.18. The lowest BCUT2D eigenvalue weighted by Gasteiger charge is -2.36. The summed E-state index contributed by atoms with van der Waals surface area (Å²) in [5, 5.41) is 13.3. The number of amides is 3. The van der Waals surface area contributed by atoms with E-state index in [1.165, 1.54) is 31.2 Å². The second-order valence-electron chi connectivity index (χ2n) is 5.58. The summed E-state index contributed by atoms with van der Waals surface area (Å²) in [5.41, 5.74) is 0.500. The van der Waals surface area contributed by atoms with Crippen LogP contribution in [0.3, 0.4) is 0 Å². The molecule has 3 amide bonds. The molecule has 0 aliphatic carbocycles. The number of anilines is 1. The zero-order valence-electron chi connectivity index (χ0n) is 13.2. The van der Waals surface area contributed by atoms with Crippen LogP contribution >= 0.6 is 0 Å². The third-order valence-corrected chi connectivity index (χ3v) is 4.13. The molecule has 1 heterocycles. The first-order valence-corrected chi connectivity index (χ1v) is 7.42.